The first kappa shape index (κ1) is 8.00. The van der Waals surface area contributed by atoms with Gasteiger partial charge in [0.1, 0.15) is 6.10 Å². The molecule has 1 N–H and O–H groups in total. The lowest BCUT2D eigenvalue weighted by Crippen LogP contribution is -2.28. The maximum atomic E-state index is 10.9. The van der Waals surface area contributed by atoms with Crippen LogP contribution in [0.15, 0.2) is 34.9 Å². The van der Waals surface area contributed by atoms with Crippen LogP contribution < -0.4 is 0 Å². The van der Waals surface area contributed by atoms with Crippen LogP contribution in [0, 0.1) is 5.92 Å². The van der Waals surface area contributed by atoms with E-state index < -0.39 is 5.97 Å². The lowest BCUT2D eigenvalue weighted by Gasteiger charge is -2.25. The molecule has 0 aromatic heterocycles. The van der Waals surface area contributed by atoms with Crippen molar-refractivity contribution in [1.82, 2.24) is 0 Å². The van der Waals surface area contributed by atoms with Crippen molar-refractivity contribution in [3.8, 4) is 0 Å². The van der Waals surface area contributed by atoms with Gasteiger partial charge in [-0.15, -0.1) is 0 Å². The van der Waals surface area contributed by atoms with Crippen LogP contribution in [-0.4, -0.2) is 23.8 Å². The van der Waals surface area contributed by atoms with Gasteiger partial charge in [-0.1, -0.05) is 17.7 Å². The van der Waals surface area contributed by atoms with E-state index in [1.54, 1.807) is 12.2 Å². The van der Waals surface area contributed by atoms with Crippen molar-refractivity contribution in [2.45, 2.75) is 12.5 Å². The highest BCUT2D eigenvalue weighted by Gasteiger charge is 2.42. The number of carboxylic acids is 1. The average Bonchev–Trinajstić information content (AvgIpc) is 2.95. The Kier molecular flexibility index (Phi) is 1.47. The van der Waals surface area contributed by atoms with E-state index in [2.05, 4.69) is 0 Å². The van der Waals surface area contributed by atoms with Gasteiger partial charge >= 0.3 is 5.97 Å². The van der Waals surface area contributed by atoms with Gasteiger partial charge in [-0.3, -0.25) is 0 Å². The van der Waals surface area contributed by atoms with Gasteiger partial charge in [-0.25, -0.2) is 4.79 Å². The number of carbonyl (C=O) groups is 1. The smallest absolute Gasteiger partial charge is 0.334 e. The lowest BCUT2D eigenvalue weighted by molar-refractivity contribution is -0.134. The van der Waals surface area contributed by atoms with E-state index in [-0.39, 0.29) is 6.10 Å². The Hall–Kier alpha value is -1.35. The summed E-state index contributed by atoms with van der Waals surface area (Å²) in [5, 5.41) is 8.97. The third-order valence-electron chi connectivity index (χ3n) is 3.00. The summed E-state index contributed by atoms with van der Waals surface area (Å²) in [6.45, 7) is 0.682. The zero-order chi connectivity index (χ0) is 9.71. The van der Waals surface area contributed by atoms with Gasteiger partial charge in [0, 0.05) is 5.92 Å². The number of aliphatic carboxylic acids is 1. The normalized spacial score (nSPS) is 33.3. The van der Waals surface area contributed by atoms with E-state index in [4.69, 9.17) is 9.84 Å². The van der Waals surface area contributed by atoms with E-state index in [0.717, 1.165) is 12.0 Å². The van der Waals surface area contributed by atoms with Crippen LogP contribution in [0.3, 0.4) is 0 Å². The van der Waals surface area contributed by atoms with Crippen molar-refractivity contribution >= 4 is 5.97 Å². The standard InChI is InChI=1S/C11H10O3/c12-11(13)8-3-1-2-7-9-4-6(9)5-14-10(7)8/h1-3,6,10H,4-5H2,(H,12,13). The molecule has 0 radical (unpaired) electrons. The number of ether oxygens (including phenoxy) is 1. The maximum absolute atomic E-state index is 10.9. The average molecular weight is 190 g/mol. The predicted molar refractivity (Wildman–Crippen MR) is 49.7 cm³/mol. The molecule has 3 rings (SSSR count). The first-order chi connectivity index (χ1) is 6.77. The van der Waals surface area contributed by atoms with E-state index >= 15 is 0 Å². The minimum atomic E-state index is -0.878. The molecule has 1 aliphatic heterocycles. The first-order valence-corrected chi connectivity index (χ1v) is 4.73. The third kappa shape index (κ3) is 0.990. The molecule has 72 valence electrons. The van der Waals surface area contributed by atoms with Gasteiger partial charge in [0.05, 0.1) is 12.2 Å². The Labute approximate surface area is 81.4 Å². The minimum absolute atomic E-state index is 0.314. The van der Waals surface area contributed by atoms with Gasteiger partial charge in [0.2, 0.25) is 0 Å². The second-order valence-electron chi connectivity index (χ2n) is 3.88. The largest absolute Gasteiger partial charge is 0.478 e. The first-order valence-electron chi connectivity index (χ1n) is 4.73. The molecule has 3 heteroatoms. The van der Waals surface area contributed by atoms with Crippen LogP contribution in [0.2, 0.25) is 0 Å². The molecule has 2 atom stereocenters. The number of carboxylic acid groups (broad SMARTS) is 1. The van der Waals surface area contributed by atoms with E-state index in [1.807, 2.05) is 6.08 Å². The van der Waals surface area contributed by atoms with Gasteiger partial charge in [-0.05, 0) is 18.1 Å². The molecule has 0 saturated heterocycles. The van der Waals surface area contributed by atoms with Gasteiger partial charge < -0.3 is 9.84 Å². The Morgan fingerprint density at radius 2 is 2.43 bits per heavy atom. The predicted octanol–water partition coefficient (Wildman–Crippen LogP) is 1.28. The molecule has 0 bridgehead atoms. The molecule has 3 aliphatic rings. The number of rotatable bonds is 1. The van der Waals surface area contributed by atoms with Crippen LogP contribution in [0.5, 0.6) is 0 Å². The summed E-state index contributed by atoms with van der Waals surface area (Å²) in [5.41, 5.74) is 2.84. The second-order valence-corrected chi connectivity index (χ2v) is 3.88. The number of hydrogen-bond acceptors (Lipinski definition) is 2. The van der Waals surface area contributed by atoms with Crippen LogP contribution in [0.1, 0.15) is 6.42 Å². The molecule has 0 aromatic rings. The van der Waals surface area contributed by atoms with Crippen LogP contribution >= 0.6 is 0 Å². The van der Waals surface area contributed by atoms with Crippen molar-refractivity contribution < 1.29 is 14.6 Å². The summed E-state index contributed by atoms with van der Waals surface area (Å²) in [6, 6.07) is 0. The van der Waals surface area contributed by atoms with Crippen molar-refractivity contribution in [2.24, 2.45) is 5.92 Å². The topological polar surface area (TPSA) is 46.5 Å². The second kappa shape index (κ2) is 2.58. The minimum Gasteiger partial charge on any atom is -0.478 e. The number of allylic oxidation sites excluding steroid dienone is 2. The Bertz CT molecular complexity index is 401. The number of hydrogen-bond donors (Lipinski definition) is 1. The van der Waals surface area contributed by atoms with Crippen molar-refractivity contribution in [3.63, 3.8) is 0 Å². The van der Waals surface area contributed by atoms with E-state index in [9.17, 15) is 4.79 Å². The molecule has 0 spiro atoms. The highest BCUT2D eigenvalue weighted by atomic mass is 16.5. The quantitative estimate of drug-likeness (QED) is 0.677. The molecular weight excluding hydrogens is 180 g/mol. The Balaban J connectivity index is 2.05. The molecule has 3 nitrogen and oxygen atoms in total. The molecule has 2 unspecified atom stereocenters. The fourth-order valence-electron chi connectivity index (χ4n) is 2.17. The van der Waals surface area contributed by atoms with Crippen LogP contribution in [0.4, 0.5) is 0 Å². The summed E-state index contributed by atoms with van der Waals surface area (Å²) in [4.78, 5) is 10.9. The van der Waals surface area contributed by atoms with Crippen LogP contribution in [-0.2, 0) is 9.53 Å². The highest BCUT2D eigenvalue weighted by Crippen LogP contribution is 2.47. The summed E-state index contributed by atoms with van der Waals surface area (Å²) in [5.74, 6) is -0.310. The molecule has 1 saturated carbocycles. The van der Waals surface area contributed by atoms with E-state index in [0.29, 0.717) is 18.1 Å². The molecule has 2 aliphatic carbocycles. The maximum Gasteiger partial charge on any atom is 0.334 e. The van der Waals surface area contributed by atoms with Gasteiger partial charge in [0.15, 0.2) is 0 Å². The fraction of sp³-hybridized carbons (Fsp3) is 0.364. The Morgan fingerprint density at radius 1 is 1.57 bits per heavy atom. The summed E-state index contributed by atoms with van der Waals surface area (Å²) in [6.07, 6.45) is 6.17. The van der Waals surface area contributed by atoms with Crippen molar-refractivity contribution in [3.05, 3.63) is 34.9 Å². The van der Waals surface area contributed by atoms with Crippen molar-refractivity contribution in [1.29, 1.82) is 0 Å². The molecule has 1 heterocycles. The molecule has 1 fully saturated rings. The number of fused-ring (bicyclic) bond motifs is 2. The lowest BCUT2D eigenvalue weighted by atomic mass is 9.94. The van der Waals surface area contributed by atoms with Gasteiger partial charge in [-0.2, -0.15) is 0 Å². The highest BCUT2D eigenvalue weighted by molar-refractivity contribution is 5.90. The molecular formula is C11H10O3. The third-order valence-corrected chi connectivity index (χ3v) is 3.00. The van der Waals surface area contributed by atoms with Gasteiger partial charge in [0.25, 0.3) is 0 Å². The molecule has 14 heavy (non-hydrogen) atoms. The molecule has 0 aromatic carbocycles. The monoisotopic (exact) mass is 190 g/mol. The summed E-state index contributed by atoms with van der Waals surface area (Å²) < 4.78 is 5.55. The Morgan fingerprint density at radius 3 is 3.21 bits per heavy atom. The SMILES string of the molecule is O=C(O)C1=CC=CC2=C3CC3COC12. The zero-order valence-electron chi connectivity index (χ0n) is 7.56. The summed E-state index contributed by atoms with van der Waals surface area (Å²) in [7, 11) is 0. The fourth-order valence-corrected chi connectivity index (χ4v) is 2.17. The van der Waals surface area contributed by atoms with E-state index in [1.165, 1.54) is 5.57 Å². The van der Waals surface area contributed by atoms with Crippen molar-refractivity contribution in [2.75, 3.05) is 6.61 Å². The summed E-state index contributed by atoms with van der Waals surface area (Å²) >= 11 is 0. The van der Waals surface area contributed by atoms with Crippen LogP contribution in [0.25, 0.3) is 0 Å². The zero-order valence-corrected chi connectivity index (χ0v) is 7.56. The molecule has 0 amide bonds.